The van der Waals surface area contributed by atoms with Crippen LogP contribution < -0.4 is 0 Å². The quantitative estimate of drug-likeness (QED) is 0.850. The predicted octanol–water partition coefficient (Wildman–Crippen LogP) is 2.36. The number of rotatable bonds is 4. The Kier molecular flexibility index (Phi) is 5.17. The van der Waals surface area contributed by atoms with Gasteiger partial charge in [0.05, 0.1) is 0 Å². The summed E-state index contributed by atoms with van der Waals surface area (Å²) in [7, 11) is 4.27. The van der Waals surface area contributed by atoms with Crippen LogP contribution in [0.1, 0.15) is 28.7 Å². The molecule has 3 nitrogen and oxygen atoms in total. The van der Waals surface area contributed by atoms with Gasteiger partial charge in [0.1, 0.15) is 5.78 Å². The van der Waals surface area contributed by atoms with Crippen molar-refractivity contribution in [3.8, 4) is 0 Å². The molecule has 0 radical (unpaired) electrons. The van der Waals surface area contributed by atoms with Crippen molar-refractivity contribution in [3.05, 3.63) is 34.4 Å². The highest BCUT2D eigenvalue weighted by Gasteiger charge is 2.24. The zero-order chi connectivity index (χ0) is 15.6. The maximum Gasteiger partial charge on any atom is 0.138 e. The van der Waals surface area contributed by atoms with Crippen molar-refractivity contribution >= 4 is 5.78 Å². The molecule has 1 aliphatic heterocycles. The van der Waals surface area contributed by atoms with Gasteiger partial charge in [-0.1, -0.05) is 17.7 Å². The van der Waals surface area contributed by atoms with Crippen LogP contribution in [-0.4, -0.2) is 55.4 Å². The number of ketones is 1. The van der Waals surface area contributed by atoms with E-state index < -0.39 is 0 Å². The van der Waals surface area contributed by atoms with E-state index >= 15 is 0 Å². The third-order valence-electron chi connectivity index (χ3n) is 4.66. The molecule has 0 aromatic heterocycles. The maximum absolute atomic E-state index is 12.5. The lowest BCUT2D eigenvalue weighted by atomic mass is 9.93. The van der Waals surface area contributed by atoms with Crippen LogP contribution in [0.2, 0.25) is 0 Å². The summed E-state index contributed by atoms with van der Waals surface area (Å²) in [6.45, 7) is 9.48. The molecule has 1 aromatic carbocycles. The molecule has 0 amide bonds. The number of likely N-dealkylation sites (N-methyl/N-ethyl adjacent to an activating group) is 2. The molecule has 1 fully saturated rings. The number of hydrogen-bond acceptors (Lipinski definition) is 3. The summed E-state index contributed by atoms with van der Waals surface area (Å²) < 4.78 is 0. The topological polar surface area (TPSA) is 23.6 Å². The Morgan fingerprint density at radius 1 is 1.14 bits per heavy atom. The molecule has 1 unspecified atom stereocenters. The molecule has 21 heavy (non-hydrogen) atoms. The van der Waals surface area contributed by atoms with Crippen LogP contribution in [0.3, 0.4) is 0 Å². The van der Waals surface area contributed by atoms with Crippen LogP contribution in [0.4, 0.5) is 0 Å². The van der Waals surface area contributed by atoms with Crippen molar-refractivity contribution in [1.82, 2.24) is 9.80 Å². The van der Waals surface area contributed by atoms with Crippen LogP contribution in [0, 0.1) is 20.8 Å². The minimum absolute atomic E-state index is 0.359. The molecule has 1 atom stereocenters. The van der Waals surface area contributed by atoms with E-state index in [1.165, 1.54) is 22.3 Å². The van der Waals surface area contributed by atoms with Crippen molar-refractivity contribution < 1.29 is 4.79 Å². The zero-order valence-electron chi connectivity index (χ0n) is 14.1. The van der Waals surface area contributed by atoms with Gasteiger partial charge in [-0.15, -0.1) is 0 Å². The van der Waals surface area contributed by atoms with Crippen molar-refractivity contribution in [2.24, 2.45) is 0 Å². The highest BCUT2D eigenvalue weighted by molar-refractivity contribution is 5.82. The van der Waals surface area contributed by atoms with E-state index in [-0.39, 0.29) is 0 Å². The molecule has 0 aliphatic carbocycles. The Bertz CT molecular complexity index is 501. The largest absolute Gasteiger partial charge is 0.304 e. The van der Waals surface area contributed by atoms with Crippen molar-refractivity contribution in [1.29, 1.82) is 0 Å². The van der Waals surface area contributed by atoms with E-state index in [0.29, 0.717) is 24.7 Å². The third kappa shape index (κ3) is 4.14. The number of carbonyl (C=O) groups excluding carboxylic acids is 1. The summed E-state index contributed by atoms with van der Waals surface area (Å²) in [4.78, 5) is 17.1. The van der Waals surface area contributed by atoms with Gasteiger partial charge in [-0.2, -0.15) is 0 Å². The number of Topliss-reactive ketones (excluding diaryl/α,β-unsaturated/α-hetero) is 1. The molecule has 1 saturated heterocycles. The molecule has 3 heteroatoms. The summed E-state index contributed by atoms with van der Waals surface area (Å²) >= 11 is 0. The number of benzene rings is 1. The van der Waals surface area contributed by atoms with Crippen molar-refractivity contribution in [2.75, 3.05) is 33.7 Å². The first-order valence-electron chi connectivity index (χ1n) is 7.84. The van der Waals surface area contributed by atoms with Gasteiger partial charge >= 0.3 is 0 Å². The van der Waals surface area contributed by atoms with Gasteiger partial charge in [-0.05, 0) is 51.6 Å². The zero-order valence-corrected chi connectivity index (χ0v) is 14.1. The molecule has 116 valence electrons. The van der Waals surface area contributed by atoms with Crippen LogP contribution in [0.25, 0.3) is 0 Å². The second-order valence-corrected chi connectivity index (χ2v) is 6.69. The number of hydrogen-bond donors (Lipinski definition) is 0. The van der Waals surface area contributed by atoms with Crippen molar-refractivity contribution in [3.63, 3.8) is 0 Å². The predicted molar refractivity (Wildman–Crippen MR) is 87.9 cm³/mol. The monoisotopic (exact) mass is 288 g/mol. The summed E-state index contributed by atoms with van der Waals surface area (Å²) in [6.07, 6.45) is 1.24. The minimum Gasteiger partial charge on any atom is -0.304 e. The van der Waals surface area contributed by atoms with E-state index in [9.17, 15) is 4.79 Å². The number of nitrogens with zero attached hydrogens (tertiary/aromatic N) is 2. The Labute approximate surface area is 128 Å². The van der Waals surface area contributed by atoms with Crippen LogP contribution in [-0.2, 0) is 11.2 Å². The maximum atomic E-state index is 12.5. The van der Waals surface area contributed by atoms with E-state index in [2.05, 4.69) is 56.8 Å². The molecule has 0 spiro atoms. The summed E-state index contributed by atoms with van der Waals surface area (Å²) in [5.74, 6) is 0.359. The number of piperazine rings is 1. The first kappa shape index (κ1) is 16.2. The summed E-state index contributed by atoms with van der Waals surface area (Å²) in [5.41, 5.74) is 4.98. The first-order valence-corrected chi connectivity index (χ1v) is 7.84. The molecule has 1 aromatic rings. The van der Waals surface area contributed by atoms with Crippen LogP contribution in [0.15, 0.2) is 12.1 Å². The Morgan fingerprint density at radius 2 is 1.76 bits per heavy atom. The first-order chi connectivity index (χ1) is 9.86. The van der Waals surface area contributed by atoms with Gasteiger partial charge in [-0.3, -0.25) is 4.79 Å². The van der Waals surface area contributed by atoms with Gasteiger partial charge in [0, 0.05) is 38.5 Å². The Balaban J connectivity index is 2.02. The molecular formula is C18H28N2O. The van der Waals surface area contributed by atoms with Gasteiger partial charge < -0.3 is 9.80 Å². The van der Waals surface area contributed by atoms with Gasteiger partial charge in [0.25, 0.3) is 0 Å². The van der Waals surface area contributed by atoms with Gasteiger partial charge in [0.2, 0.25) is 0 Å². The average molecular weight is 288 g/mol. The lowest BCUT2D eigenvalue weighted by Crippen LogP contribution is -2.50. The Morgan fingerprint density at radius 3 is 2.38 bits per heavy atom. The fourth-order valence-corrected chi connectivity index (χ4v) is 3.34. The molecule has 2 rings (SSSR count). The van der Waals surface area contributed by atoms with Crippen LogP contribution in [0.5, 0.6) is 0 Å². The fourth-order valence-electron chi connectivity index (χ4n) is 3.34. The summed E-state index contributed by atoms with van der Waals surface area (Å²) in [5, 5.41) is 0. The smallest absolute Gasteiger partial charge is 0.138 e. The number of aryl methyl sites for hydroxylation is 3. The highest BCUT2D eigenvalue weighted by atomic mass is 16.1. The normalized spacial score (nSPS) is 20.7. The summed E-state index contributed by atoms with van der Waals surface area (Å²) in [6, 6.07) is 4.72. The standard InChI is InChI=1S/C18H28N2O/c1-13-8-14(2)18(15(3)9-13)11-17(21)10-16-12-19(4)6-7-20(16)5/h8-9,16H,6-7,10-12H2,1-5H3. The van der Waals surface area contributed by atoms with Gasteiger partial charge in [0.15, 0.2) is 0 Å². The van der Waals surface area contributed by atoms with Crippen molar-refractivity contribution in [2.45, 2.75) is 39.7 Å². The third-order valence-corrected chi connectivity index (χ3v) is 4.66. The molecule has 0 N–H and O–H groups in total. The Hall–Kier alpha value is -1.19. The second-order valence-electron chi connectivity index (χ2n) is 6.69. The lowest BCUT2D eigenvalue weighted by molar-refractivity contribution is -0.120. The molecule has 0 saturated carbocycles. The van der Waals surface area contributed by atoms with Gasteiger partial charge in [-0.25, -0.2) is 0 Å². The molecule has 0 bridgehead atoms. The average Bonchev–Trinajstić information content (AvgIpc) is 2.38. The number of carbonyl (C=O) groups is 1. The van der Waals surface area contributed by atoms with E-state index in [4.69, 9.17) is 0 Å². The fraction of sp³-hybridized carbons (Fsp3) is 0.611. The minimum atomic E-state index is 0.359. The van der Waals surface area contributed by atoms with E-state index in [1.54, 1.807) is 0 Å². The molecular weight excluding hydrogens is 260 g/mol. The SMILES string of the molecule is Cc1cc(C)c(CC(=O)CC2CN(C)CCN2C)c(C)c1. The van der Waals surface area contributed by atoms with E-state index in [0.717, 1.165) is 19.6 Å². The van der Waals surface area contributed by atoms with Crippen LogP contribution >= 0.6 is 0 Å². The second kappa shape index (κ2) is 6.71. The molecule has 1 heterocycles. The lowest BCUT2D eigenvalue weighted by Gasteiger charge is -2.37. The van der Waals surface area contributed by atoms with E-state index in [1.807, 2.05) is 0 Å². The highest BCUT2D eigenvalue weighted by Crippen LogP contribution is 2.19. The molecule has 1 aliphatic rings.